The monoisotopic (exact) mass is 280 g/mol. The minimum Gasteiger partial charge on any atom is -0.497 e. The Hall–Kier alpha value is -1.00. The summed E-state index contributed by atoms with van der Waals surface area (Å²) >= 11 is 3.58. The lowest BCUT2D eigenvalue weighted by molar-refractivity contribution is 0.415. The molecule has 4 heteroatoms. The second kappa shape index (κ2) is 3.79. The average molecular weight is 281 g/mol. The van der Waals surface area contributed by atoms with Gasteiger partial charge < -0.3 is 15.0 Å². The molecule has 3 nitrogen and oxygen atoms in total. The molecule has 3 rings (SSSR count). The molecular formula is C12H13BrN2O. The Bertz CT molecular complexity index is 547. The predicted molar refractivity (Wildman–Crippen MR) is 68.0 cm³/mol. The fourth-order valence-corrected chi connectivity index (χ4v) is 2.83. The van der Waals surface area contributed by atoms with Gasteiger partial charge in [0.05, 0.1) is 12.6 Å². The number of methoxy groups -OCH3 is 1. The van der Waals surface area contributed by atoms with Crippen molar-refractivity contribution in [2.75, 3.05) is 13.7 Å². The van der Waals surface area contributed by atoms with Crippen molar-refractivity contribution < 1.29 is 4.74 Å². The SMILES string of the molecule is COc1cc(Br)c2[nH]c3c(c2c1)CNCC3. The van der Waals surface area contributed by atoms with Crippen molar-refractivity contribution in [1.82, 2.24) is 10.3 Å². The van der Waals surface area contributed by atoms with Crippen LogP contribution in [0.4, 0.5) is 0 Å². The van der Waals surface area contributed by atoms with Gasteiger partial charge in [-0.2, -0.15) is 0 Å². The molecular weight excluding hydrogens is 268 g/mol. The molecule has 2 heterocycles. The fraction of sp³-hybridized carbons (Fsp3) is 0.333. The van der Waals surface area contributed by atoms with Crippen LogP contribution in [0.3, 0.4) is 0 Å². The van der Waals surface area contributed by atoms with Crippen LogP contribution in [-0.2, 0) is 13.0 Å². The summed E-state index contributed by atoms with van der Waals surface area (Å²) < 4.78 is 6.37. The van der Waals surface area contributed by atoms with Gasteiger partial charge in [0.1, 0.15) is 5.75 Å². The Balaban J connectivity index is 2.30. The summed E-state index contributed by atoms with van der Waals surface area (Å²) in [6.45, 7) is 1.99. The maximum Gasteiger partial charge on any atom is 0.120 e. The standard InChI is InChI=1S/C12H13BrN2O/c1-16-7-4-8-9-6-14-3-2-11(9)15-12(8)10(13)5-7/h4-5,14-15H,2-3,6H2,1H3. The first-order valence-electron chi connectivity index (χ1n) is 5.37. The number of ether oxygens (including phenoxy) is 1. The number of hydrogen-bond donors (Lipinski definition) is 2. The molecule has 2 aromatic rings. The van der Waals surface area contributed by atoms with E-state index in [2.05, 4.69) is 32.3 Å². The number of rotatable bonds is 1. The average Bonchev–Trinajstić information content (AvgIpc) is 2.68. The van der Waals surface area contributed by atoms with Gasteiger partial charge in [-0.3, -0.25) is 0 Å². The zero-order chi connectivity index (χ0) is 11.1. The Kier molecular flexibility index (Phi) is 2.41. The van der Waals surface area contributed by atoms with Crippen molar-refractivity contribution in [2.24, 2.45) is 0 Å². The number of aromatic nitrogens is 1. The summed E-state index contributed by atoms with van der Waals surface area (Å²) in [5.74, 6) is 0.895. The van der Waals surface area contributed by atoms with Crippen LogP contribution >= 0.6 is 15.9 Å². The zero-order valence-electron chi connectivity index (χ0n) is 9.06. The van der Waals surface area contributed by atoms with Crippen LogP contribution in [0.25, 0.3) is 10.9 Å². The molecule has 84 valence electrons. The number of hydrogen-bond acceptors (Lipinski definition) is 2. The zero-order valence-corrected chi connectivity index (χ0v) is 10.6. The van der Waals surface area contributed by atoms with Crippen LogP contribution < -0.4 is 10.1 Å². The third kappa shape index (κ3) is 1.44. The molecule has 0 unspecified atom stereocenters. The van der Waals surface area contributed by atoms with Gasteiger partial charge >= 0.3 is 0 Å². The van der Waals surface area contributed by atoms with E-state index >= 15 is 0 Å². The normalized spacial score (nSPS) is 15.1. The van der Waals surface area contributed by atoms with E-state index in [1.54, 1.807) is 7.11 Å². The number of benzene rings is 1. The van der Waals surface area contributed by atoms with Crippen LogP contribution in [0, 0.1) is 0 Å². The number of halogens is 1. The lowest BCUT2D eigenvalue weighted by Gasteiger charge is -2.12. The van der Waals surface area contributed by atoms with Gasteiger partial charge in [-0.25, -0.2) is 0 Å². The largest absolute Gasteiger partial charge is 0.497 e. The van der Waals surface area contributed by atoms with Crippen molar-refractivity contribution in [3.63, 3.8) is 0 Å². The summed E-state index contributed by atoms with van der Waals surface area (Å²) in [6, 6.07) is 4.10. The highest BCUT2D eigenvalue weighted by atomic mass is 79.9. The highest BCUT2D eigenvalue weighted by molar-refractivity contribution is 9.10. The van der Waals surface area contributed by atoms with Crippen molar-refractivity contribution >= 4 is 26.8 Å². The summed E-state index contributed by atoms with van der Waals surface area (Å²) in [5, 5.41) is 4.66. The lowest BCUT2D eigenvalue weighted by Crippen LogP contribution is -2.22. The highest BCUT2D eigenvalue weighted by Crippen LogP contribution is 2.33. The number of aromatic amines is 1. The first kappa shape index (κ1) is 10.2. The molecule has 0 radical (unpaired) electrons. The maximum atomic E-state index is 5.30. The highest BCUT2D eigenvalue weighted by Gasteiger charge is 2.17. The third-order valence-corrected chi connectivity index (χ3v) is 3.74. The number of H-pyrrole nitrogens is 1. The van der Waals surface area contributed by atoms with Crippen molar-refractivity contribution in [1.29, 1.82) is 0 Å². The second-order valence-electron chi connectivity index (χ2n) is 4.04. The summed E-state index contributed by atoms with van der Waals surface area (Å²) in [6.07, 6.45) is 1.07. The molecule has 1 aromatic heterocycles. The van der Waals surface area contributed by atoms with E-state index in [1.165, 1.54) is 22.2 Å². The van der Waals surface area contributed by atoms with Crippen LogP contribution in [0.5, 0.6) is 5.75 Å². The lowest BCUT2D eigenvalue weighted by atomic mass is 10.1. The van der Waals surface area contributed by atoms with E-state index in [-0.39, 0.29) is 0 Å². The van der Waals surface area contributed by atoms with Crippen molar-refractivity contribution in [2.45, 2.75) is 13.0 Å². The van der Waals surface area contributed by atoms with Gasteiger partial charge in [0.25, 0.3) is 0 Å². The molecule has 0 fully saturated rings. The second-order valence-corrected chi connectivity index (χ2v) is 4.90. The molecule has 1 aromatic carbocycles. The quantitative estimate of drug-likeness (QED) is 0.843. The molecule has 2 N–H and O–H groups in total. The van der Waals surface area contributed by atoms with E-state index in [0.29, 0.717) is 0 Å². The first-order chi connectivity index (χ1) is 7.79. The van der Waals surface area contributed by atoms with Gasteiger partial charge in [0.15, 0.2) is 0 Å². The molecule has 1 aliphatic heterocycles. The van der Waals surface area contributed by atoms with Crippen molar-refractivity contribution in [3.05, 3.63) is 27.9 Å². The Morgan fingerprint density at radius 2 is 2.25 bits per heavy atom. The van der Waals surface area contributed by atoms with Gasteiger partial charge in [-0.15, -0.1) is 0 Å². The Morgan fingerprint density at radius 1 is 1.38 bits per heavy atom. The summed E-state index contributed by atoms with van der Waals surface area (Å²) in [5.41, 5.74) is 3.90. The van der Waals surface area contributed by atoms with Gasteiger partial charge in [0.2, 0.25) is 0 Å². The molecule has 0 atom stereocenters. The van der Waals surface area contributed by atoms with Gasteiger partial charge in [0, 0.05) is 35.1 Å². The Labute approximate surface area is 102 Å². The smallest absolute Gasteiger partial charge is 0.120 e. The molecule has 0 saturated heterocycles. The Morgan fingerprint density at radius 3 is 3.06 bits per heavy atom. The van der Waals surface area contributed by atoms with Crippen LogP contribution in [0.15, 0.2) is 16.6 Å². The first-order valence-corrected chi connectivity index (χ1v) is 6.16. The molecule has 0 amide bonds. The molecule has 0 saturated carbocycles. The van der Waals surface area contributed by atoms with E-state index in [4.69, 9.17) is 4.74 Å². The molecule has 16 heavy (non-hydrogen) atoms. The van der Waals surface area contributed by atoms with E-state index in [9.17, 15) is 0 Å². The summed E-state index contributed by atoms with van der Waals surface area (Å²) in [7, 11) is 1.70. The van der Waals surface area contributed by atoms with Gasteiger partial charge in [-0.05, 0) is 33.6 Å². The maximum absolute atomic E-state index is 5.30. The molecule has 0 bridgehead atoms. The van der Waals surface area contributed by atoms with Crippen LogP contribution in [-0.4, -0.2) is 18.6 Å². The third-order valence-electron chi connectivity index (χ3n) is 3.12. The minimum absolute atomic E-state index is 0.895. The van der Waals surface area contributed by atoms with Crippen molar-refractivity contribution in [3.8, 4) is 5.75 Å². The molecule has 0 spiro atoms. The van der Waals surface area contributed by atoms with E-state index < -0.39 is 0 Å². The van der Waals surface area contributed by atoms with Crippen LogP contribution in [0.2, 0.25) is 0 Å². The van der Waals surface area contributed by atoms with Crippen LogP contribution in [0.1, 0.15) is 11.3 Å². The fourth-order valence-electron chi connectivity index (χ4n) is 2.30. The van der Waals surface area contributed by atoms with Gasteiger partial charge in [-0.1, -0.05) is 0 Å². The number of nitrogens with one attached hydrogen (secondary N) is 2. The molecule has 1 aliphatic rings. The minimum atomic E-state index is 0.895. The molecule has 0 aliphatic carbocycles. The van der Waals surface area contributed by atoms with E-state index in [1.807, 2.05) is 6.07 Å². The summed E-state index contributed by atoms with van der Waals surface area (Å²) in [4.78, 5) is 3.49. The predicted octanol–water partition coefficient (Wildman–Crippen LogP) is 2.58. The topological polar surface area (TPSA) is 37.0 Å². The number of fused-ring (bicyclic) bond motifs is 3. The van der Waals surface area contributed by atoms with E-state index in [0.717, 1.165) is 29.7 Å².